The fourth-order valence-corrected chi connectivity index (χ4v) is 4.35. The molecule has 6 heteroatoms. The average Bonchev–Trinajstić information content (AvgIpc) is 2.55. The summed E-state index contributed by atoms with van der Waals surface area (Å²) >= 11 is 2.50. The topological polar surface area (TPSA) is 50.8 Å². The van der Waals surface area contributed by atoms with Crippen LogP contribution < -0.4 is 14.8 Å². The number of carbonyl (C=O) groups is 1. The number of nitrogens with one attached hydrogen (secondary N) is 1. The van der Waals surface area contributed by atoms with E-state index in [-0.39, 0.29) is 12.0 Å². The minimum Gasteiger partial charge on any atom is -0.486 e. The Kier molecular flexibility index (Phi) is 5.63. The summed E-state index contributed by atoms with van der Waals surface area (Å²) in [5, 5.41) is 2.94. The summed E-state index contributed by atoms with van der Waals surface area (Å²) in [6, 6.07) is 7.84. The van der Waals surface area contributed by atoms with Gasteiger partial charge in [-0.15, -0.1) is 0 Å². The lowest BCUT2D eigenvalue weighted by Gasteiger charge is -2.39. The molecule has 0 radical (unpaired) electrons. The molecule has 2 heterocycles. The minimum absolute atomic E-state index is 0.0591. The average molecular weight is 430 g/mol. The molecule has 0 saturated carbocycles. The van der Waals surface area contributed by atoms with Gasteiger partial charge in [0.1, 0.15) is 12.7 Å². The Bertz CT molecular complexity index is 554. The van der Waals surface area contributed by atoms with Crippen molar-refractivity contribution < 1.29 is 14.3 Å². The number of rotatable bonds is 4. The lowest BCUT2D eigenvalue weighted by Crippen LogP contribution is -2.48. The quantitative estimate of drug-likeness (QED) is 0.453. The van der Waals surface area contributed by atoms with Crippen molar-refractivity contribution in [3.05, 3.63) is 24.3 Å². The zero-order chi connectivity index (χ0) is 16.2. The first kappa shape index (κ1) is 16.8. The normalized spacial score (nSPS) is 27.5. The van der Waals surface area contributed by atoms with Crippen LogP contribution in [0.2, 0.25) is 0 Å². The summed E-state index contributed by atoms with van der Waals surface area (Å²) in [6.07, 6.45) is 2.30. The van der Waals surface area contributed by atoms with Gasteiger partial charge in [-0.3, -0.25) is 9.69 Å². The highest BCUT2D eigenvalue weighted by Crippen LogP contribution is 2.32. The van der Waals surface area contributed by atoms with Gasteiger partial charge in [-0.05, 0) is 37.4 Å². The molecular formula is C17H23IN2O3. The molecule has 3 rings (SSSR count). The van der Waals surface area contributed by atoms with Crippen LogP contribution in [0.3, 0.4) is 0 Å². The molecule has 23 heavy (non-hydrogen) atoms. The van der Waals surface area contributed by atoms with Crippen LogP contribution in [0.25, 0.3) is 0 Å². The number of hydrogen-bond acceptors (Lipinski definition) is 4. The predicted molar refractivity (Wildman–Crippen MR) is 97.1 cm³/mol. The van der Waals surface area contributed by atoms with Crippen molar-refractivity contribution in [1.82, 2.24) is 10.2 Å². The second-order valence-electron chi connectivity index (χ2n) is 6.25. The third-order valence-corrected chi connectivity index (χ3v) is 5.69. The van der Waals surface area contributed by atoms with E-state index in [1.165, 1.54) is 0 Å². The summed E-state index contributed by atoms with van der Waals surface area (Å²) in [5.74, 6) is 2.31. The van der Waals surface area contributed by atoms with Gasteiger partial charge < -0.3 is 14.8 Å². The first-order valence-electron chi connectivity index (χ1n) is 8.13. The molecule has 0 spiro atoms. The van der Waals surface area contributed by atoms with Crippen molar-refractivity contribution in [2.75, 3.05) is 26.2 Å². The monoisotopic (exact) mass is 430 g/mol. The number of amides is 1. The van der Waals surface area contributed by atoms with Crippen molar-refractivity contribution >= 4 is 28.5 Å². The van der Waals surface area contributed by atoms with Crippen LogP contribution in [-0.2, 0) is 4.79 Å². The highest BCUT2D eigenvalue weighted by Gasteiger charge is 2.30. The molecule has 1 saturated heterocycles. The maximum absolute atomic E-state index is 11.0. The van der Waals surface area contributed by atoms with Crippen LogP contribution in [0.4, 0.5) is 0 Å². The SMILES string of the molecule is CC(=O)NCC1CCN(CC2COc3ccccc3O2)C(I)C1. The molecule has 1 aromatic carbocycles. The van der Waals surface area contributed by atoms with Crippen LogP contribution in [-0.4, -0.2) is 47.2 Å². The summed E-state index contributed by atoms with van der Waals surface area (Å²) in [5.41, 5.74) is 0. The fourth-order valence-electron chi connectivity index (χ4n) is 3.12. The summed E-state index contributed by atoms with van der Waals surface area (Å²) in [4.78, 5) is 13.5. The van der Waals surface area contributed by atoms with Crippen molar-refractivity contribution in [3.8, 4) is 11.5 Å². The van der Waals surface area contributed by atoms with Crippen LogP contribution in [0, 0.1) is 5.92 Å². The Labute approximate surface area is 150 Å². The number of nitrogens with zero attached hydrogens (tertiary/aromatic N) is 1. The van der Waals surface area contributed by atoms with Crippen molar-refractivity contribution in [2.45, 2.75) is 29.9 Å². The van der Waals surface area contributed by atoms with Gasteiger partial charge in [0.05, 0.1) is 4.05 Å². The third kappa shape index (κ3) is 4.50. The van der Waals surface area contributed by atoms with Crippen LogP contribution in [0.15, 0.2) is 24.3 Å². The smallest absolute Gasteiger partial charge is 0.216 e. The first-order valence-corrected chi connectivity index (χ1v) is 9.37. The maximum Gasteiger partial charge on any atom is 0.216 e. The number of ether oxygens (including phenoxy) is 2. The van der Waals surface area contributed by atoms with Gasteiger partial charge >= 0.3 is 0 Å². The summed E-state index contributed by atoms with van der Waals surface area (Å²) in [6.45, 7) is 4.90. The van der Waals surface area contributed by atoms with Crippen molar-refractivity contribution in [3.63, 3.8) is 0 Å². The molecule has 0 aromatic heterocycles. The van der Waals surface area contributed by atoms with E-state index in [1.807, 2.05) is 24.3 Å². The molecule has 0 aliphatic carbocycles. The van der Waals surface area contributed by atoms with Gasteiger partial charge in [-0.25, -0.2) is 0 Å². The number of piperidine rings is 1. The number of carbonyl (C=O) groups excluding carboxylic acids is 1. The zero-order valence-electron chi connectivity index (χ0n) is 13.3. The molecule has 3 atom stereocenters. The molecule has 1 N–H and O–H groups in total. The second kappa shape index (κ2) is 7.70. The Balaban J connectivity index is 1.49. The summed E-state index contributed by atoms with van der Waals surface area (Å²) < 4.78 is 12.3. The predicted octanol–water partition coefficient (Wildman–Crippen LogP) is 2.44. The van der Waals surface area contributed by atoms with E-state index in [9.17, 15) is 4.79 Å². The molecule has 3 unspecified atom stereocenters. The largest absolute Gasteiger partial charge is 0.486 e. The number of fused-ring (bicyclic) bond motifs is 1. The number of hydrogen-bond donors (Lipinski definition) is 1. The maximum atomic E-state index is 11.0. The third-order valence-electron chi connectivity index (χ3n) is 4.39. The Morgan fingerprint density at radius 3 is 2.91 bits per heavy atom. The Morgan fingerprint density at radius 2 is 2.17 bits per heavy atom. The molecule has 1 aromatic rings. The molecule has 5 nitrogen and oxygen atoms in total. The lowest BCUT2D eigenvalue weighted by atomic mass is 9.96. The standard InChI is InChI=1S/C17H23IN2O3/c1-12(21)19-9-13-6-7-20(17(18)8-13)10-14-11-22-15-4-2-3-5-16(15)23-14/h2-5,13-14,17H,6-11H2,1H3,(H,19,21). The lowest BCUT2D eigenvalue weighted by molar-refractivity contribution is -0.119. The number of halogens is 1. The number of likely N-dealkylation sites (tertiary alicyclic amines) is 1. The van der Waals surface area contributed by atoms with Gasteiger partial charge in [0.15, 0.2) is 11.5 Å². The highest BCUT2D eigenvalue weighted by atomic mass is 127. The molecule has 1 amide bonds. The number of alkyl halides is 1. The van der Waals surface area contributed by atoms with Crippen molar-refractivity contribution in [2.24, 2.45) is 5.92 Å². The van der Waals surface area contributed by atoms with Crippen LogP contribution >= 0.6 is 22.6 Å². The van der Waals surface area contributed by atoms with Gasteiger partial charge in [0, 0.05) is 20.0 Å². The Morgan fingerprint density at radius 1 is 1.39 bits per heavy atom. The number of para-hydroxylation sites is 2. The van der Waals surface area contributed by atoms with Gasteiger partial charge in [0.2, 0.25) is 5.91 Å². The number of benzene rings is 1. The molecule has 126 valence electrons. The molecule has 0 bridgehead atoms. The van der Waals surface area contributed by atoms with E-state index >= 15 is 0 Å². The van der Waals surface area contributed by atoms with E-state index in [1.54, 1.807) is 6.92 Å². The zero-order valence-corrected chi connectivity index (χ0v) is 15.5. The molecule has 2 aliphatic rings. The summed E-state index contributed by atoms with van der Waals surface area (Å²) in [7, 11) is 0. The van der Waals surface area contributed by atoms with E-state index < -0.39 is 0 Å². The van der Waals surface area contributed by atoms with E-state index in [0.717, 1.165) is 44.0 Å². The molecule has 2 aliphatic heterocycles. The first-order chi connectivity index (χ1) is 11.1. The second-order valence-corrected chi connectivity index (χ2v) is 7.69. The highest BCUT2D eigenvalue weighted by molar-refractivity contribution is 14.1. The van der Waals surface area contributed by atoms with E-state index in [2.05, 4.69) is 32.8 Å². The van der Waals surface area contributed by atoms with Gasteiger partial charge in [0.25, 0.3) is 0 Å². The Hall–Kier alpha value is -1.02. The van der Waals surface area contributed by atoms with Gasteiger partial charge in [-0.1, -0.05) is 34.7 Å². The minimum atomic E-state index is 0.0591. The van der Waals surface area contributed by atoms with Crippen LogP contribution in [0.1, 0.15) is 19.8 Å². The van der Waals surface area contributed by atoms with Crippen LogP contribution in [0.5, 0.6) is 11.5 Å². The van der Waals surface area contributed by atoms with Crippen molar-refractivity contribution in [1.29, 1.82) is 0 Å². The molecular weight excluding hydrogens is 407 g/mol. The van der Waals surface area contributed by atoms with Gasteiger partial charge in [-0.2, -0.15) is 0 Å². The van der Waals surface area contributed by atoms with E-state index in [4.69, 9.17) is 9.47 Å². The fraction of sp³-hybridized carbons (Fsp3) is 0.588. The molecule has 1 fully saturated rings. The van der Waals surface area contributed by atoms with E-state index in [0.29, 0.717) is 16.6 Å².